The van der Waals surface area contributed by atoms with Gasteiger partial charge < -0.3 is 20.4 Å². The first kappa shape index (κ1) is 34.0. The van der Waals surface area contributed by atoms with Gasteiger partial charge in [0.25, 0.3) is 0 Å². The Morgan fingerprint density at radius 2 is 1.55 bits per heavy atom. The highest BCUT2D eigenvalue weighted by Crippen LogP contribution is 2.65. The van der Waals surface area contributed by atoms with Crippen molar-refractivity contribution < 1.29 is 44.4 Å². The van der Waals surface area contributed by atoms with Crippen LogP contribution in [0.4, 0.5) is 0 Å². The smallest absolute Gasteiger partial charge is 0.209 e. The third-order valence-electron chi connectivity index (χ3n) is 10.6. The number of aliphatic hydroxyl groups excluding tert-OH is 2. The Labute approximate surface area is 274 Å². The van der Waals surface area contributed by atoms with Gasteiger partial charge in [0.2, 0.25) is 5.78 Å². The quantitative estimate of drug-likeness (QED) is 0.244. The molecule has 0 fully saturated rings. The van der Waals surface area contributed by atoms with Gasteiger partial charge in [-0.2, -0.15) is 0 Å². The SMILES string of the molecule is CCC(=O)CCC(=O)Cc1ccc(-c2ccc(O)c3c2C[C@]2(C)C[C@]4(C)C(C(C)C)C(O)=C(C(C)=O)C(=O)[C@]4(O)C(O)=C2C3=O)cc1. The van der Waals surface area contributed by atoms with Crippen molar-refractivity contribution in [2.45, 2.75) is 85.7 Å². The van der Waals surface area contributed by atoms with Crippen molar-refractivity contribution in [3.05, 3.63) is 75.8 Å². The van der Waals surface area contributed by atoms with Crippen LogP contribution < -0.4 is 0 Å². The number of hydrogen-bond acceptors (Lipinski definition) is 9. The summed E-state index contributed by atoms with van der Waals surface area (Å²) in [6.45, 7) is 9.81. The third kappa shape index (κ3) is 5.06. The number of carbonyl (C=O) groups excluding carboxylic acids is 5. The summed E-state index contributed by atoms with van der Waals surface area (Å²) in [7, 11) is 0. The van der Waals surface area contributed by atoms with Gasteiger partial charge >= 0.3 is 0 Å². The van der Waals surface area contributed by atoms with Gasteiger partial charge in [-0.3, -0.25) is 24.0 Å². The van der Waals surface area contributed by atoms with Crippen LogP contribution in [0.2, 0.25) is 0 Å². The van der Waals surface area contributed by atoms with Crippen molar-refractivity contribution in [2.24, 2.45) is 22.7 Å². The predicted octanol–water partition coefficient (Wildman–Crippen LogP) is 5.88. The molecule has 0 heterocycles. The van der Waals surface area contributed by atoms with Crippen LogP contribution in [0.15, 0.2) is 59.1 Å². The van der Waals surface area contributed by atoms with Gasteiger partial charge in [0.1, 0.15) is 34.4 Å². The molecular weight excluding hydrogens is 600 g/mol. The number of aliphatic hydroxyl groups is 3. The van der Waals surface area contributed by atoms with E-state index in [1.54, 1.807) is 40.7 Å². The zero-order valence-electron chi connectivity index (χ0n) is 27.7. The van der Waals surface area contributed by atoms with Gasteiger partial charge in [-0.15, -0.1) is 0 Å². The number of rotatable bonds is 9. The molecule has 47 heavy (non-hydrogen) atoms. The number of fused-ring (bicyclic) bond motifs is 3. The lowest BCUT2D eigenvalue weighted by atomic mass is 9.44. The summed E-state index contributed by atoms with van der Waals surface area (Å²) in [5, 5.41) is 46.3. The maximum Gasteiger partial charge on any atom is 0.209 e. The van der Waals surface area contributed by atoms with E-state index in [4.69, 9.17) is 0 Å². The summed E-state index contributed by atoms with van der Waals surface area (Å²) < 4.78 is 0. The standard InChI is InChI=1S/C38H42O9/c1-7-23(40)12-13-24(41)16-21-8-10-22(11-9-21)25-14-15-27(42)29-26(25)17-36(5)18-37(6)30(19(2)3)32(43)28(20(4)39)34(45)38(37,47)35(46)31(36)33(29)44/h8-11,14-15,19,30,42-43,46-47H,7,12-13,16-18H2,1-6H3/t30?,36-,37-,38+/m1/s1. The molecule has 0 bridgehead atoms. The van der Waals surface area contributed by atoms with Crippen molar-refractivity contribution in [3.63, 3.8) is 0 Å². The Morgan fingerprint density at radius 3 is 2.13 bits per heavy atom. The van der Waals surface area contributed by atoms with Crippen LogP contribution in [-0.2, 0) is 32.0 Å². The Hall–Kier alpha value is -4.37. The minimum absolute atomic E-state index is 0.00157. The van der Waals surface area contributed by atoms with E-state index in [0.29, 0.717) is 17.5 Å². The molecule has 0 radical (unpaired) electrons. The van der Waals surface area contributed by atoms with Crippen molar-refractivity contribution in [2.75, 3.05) is 0 Å². The molecule has 0 saturated carbocycles. The number of hydrogen-bond donors (Lipinski definition) is 4. The van der Waals surface area contributed by atoms with Crippen molar-refractivity contribution in [3.8, 4) is 16.9 Å². The van der Waals surface area contributed by atoms with Crippen LogP contribution in [0.25, 0.3) is 11.1 Å². The van der Waals surface area contributed by atoms with E-state index < -0.39 is 56.8 Å². The average Bonchev–Trinajstić information content (AvgIpc) is 2.98. The van der Waals surface area contributed by atoms with E-state index in [-0.39, 0.29) is 66.5 Å². The predicted molar refractivity (Wildman–Crippen MR) is 174 cm³/mol. The molecule has 2 aromatic carbocycles. The molecule has 0 amide bonds. The number of allylic oxidation sites excluding steroid dienone is 2. The largest absolute Gasteiger partial charge is 0.511 e. The second kappa shape index (κ2) is 11.7. The van der Waals surface area contributed by atoms with E-state index in [9.17, 15) is 44.4 Å². The van der Waals surface area contributed by atoms with E-state index >= 15 is 0 Å². The van der Waals surface area contributed by atoms with Gasteiger partial charge in [-0.05, 0) is 54.0 Å². The van der Waals surface area contributed by atoms with Crippen LogP contribution in [-0.4, -0.2) is 54.9 Å². The van der Waals surface area contributed by atoms with Crippen LogP contribution in [0.3, 0.4) is 0 Å². The summed E-state index contributed by atoms with van der Waals surface area (Å²) in [4.78, 5) is 64.8. The number of benzene rings is 2. The molecule has 1 unspecified atom stereocenters. The van der Waals surface area contributed by atoms with Crippen molar-refractivity contribution in [1.82, 2.24) is 0 Å². The molecule has 0 saturated heterocycles. The number of phenolic OH excluding ortho intramolecular Hbond substituents is 1. The van der Waals surface area contributed by atoms with E-state index in [2.05, 4.69) is 0 Å². The molecule has 5 rings (SSSR count). The molecule has 4 atom stereocenters. The summed E-state index contributed by atoms with van der Waals surface area (Å²) in [5.41, 5.74) is -3.47. The Balaban J connectivity index is 1.60. The number of carbonyl (C=O) groups is 5. The molecular formula is C38H42O9. The number of aromatic hydroxyl groups is 1. The van der Waals surface area contributed by atoms with Gasteiger partial charge in [-0.1, -0.05) is 65.0 Å². The minimum atomic E-state index is -2.67. The fourth-order valence-electron chi connectivity index (χ4n) is 8.58. The highest BCUT2D eigenvalue weighted by molar-refractivity contribution is 6.25. The second-order valence-corrected chi connectivity index (χ2v) is 14.3. The zero-order chi connectivity index (χ0) is 34.8. The first-order chi connectivity index (χ1) is 21.9. The number of ketones is 5. The van der Waals surface area contributed by atoms with Gasteiger partial charge in [0.15, 0.2) is 17.2 Å². The monoisotopic (exact) mass is 642 g/mol. The normalized spacial score (nSPS) is 27.0. The second-order valence-electron chi connectivity index (χ2n) is 14.3. The first-order valence-corrected chi connectivity index (χ1v) is 16.1. The lowest BCUT2D eigenvalue weighted by Gasteiger charge is -2.59. The average molecular weight is 643 g/mol. The van der Waals surface area contributed by atoms with Gasteiger partial charge in [0, 0.05) is 48.0 Å². The third-order valence-corrected chi connectivity index (χ3v) is 10.6. The number of phenols is 1. The van der Waals surface area contributed by atoms with Gasteiger partial charge in [-0.25, -0.2) is 0 Å². The molecule has 0 aromatic heterocycles. The topological polar surface area (TPSA) is 166 Å². The molecule has 248 valence electrons. The molecule has 9 heteroatoms. The van der Waals surface area contributed by atoms with E-state index in [0.717, 1.165) is 18.1 Å². The van der Waals surface area contributed by atoms with Crippen LogP contribution in [0.1, 0.15) is 88.7 Å². The number of Topliss-reactive ketones (excluding diaryl/α,β-unsaturated/α-hetero) is 5. The van der Waals surface area contributed by atoms with Gasteiger partial charge in [0.05, 0.1) is 5.56 Å². The fraction of sp³-hybridized carbons (Fsp3) is 0.447. The lowest BCUT2D eigenvalue weighted by Crippen LogP contribution is -2.67. The van der Waals surface area contributed by atoms with E-state index in [1.165, 1.54) is 6.07 Å². The first-order valence-electron chi connectivity index (χ1n) is 16.1. The fourth-order valence-corrected chi connectivity index (χ4v) is 8.58. The summed E-state index contributed by atoms with van der Waals surface area (Å²) >= 11 is 0. The molecule has 4 N–H and O–H groups in total. The molecule has 9 nitrogen and oxygen atoms in total. The highest BCUT2D eigenvalue weighted by atomic mass is 16.3. The Morgan fingerprint density at radius 1 is 0.936 bits per heavy atom. The van der Waals surface area contributed by atoms with Crippen LogP contribution in [0, 0.1) is 22.7 Å². The Bertz CT molecular complexity index is 1790. The van der Waals surface area contributed by atoms with Crippen molar-refractivity contribution >= 4 is 28.9 Å². The summed E-state index contributed by atoms with van der Waals surface area (Å²) in [6.07, 6.45) is 1.14. The maximum atomic E-state index is 14.3. The molecule has 3 aliphatic rings. The molecule has 0 aliphatic heterocycles. The summed E-state index contributed by atoms with van der Waals surface area (Å²) in [6, 6.07) is 10.3. The van der Waals surface area contributed by atoms with Crippen molar-refractivity contribution in [1.29, 1.82) is 0 Å². The zero-order valence-corrected chi connectivity index (χ0v) is 27.7. The lowest BCUT2D eigenvalue weighted by molar-refractivity contribution is -0.171. The summed E-state index contributed by atoms with van der Waals surface area (Å²) in [5.74, 6) is -5.52. The molecule has 3 aliphatic carbocycles. The molecule has 0 spiro atoms. The minimum Gasteiger partial charge on any atom is -0.511 e. The van der Waals surface area contributed by atoms with E-state index in [1.807, 2.05) is 24.3 Å². The van der Waals surface area contributed by atoms with Crippen LogP contribution >= 0.6 is 0 Å². The molecule has 2 aromatic rings. The van der Waals surface area contributed by atoms with Crippen LogP contribution in [0.5, 0.6) is 5.75 Å². The maximum absolute atomic E-state index is 14.3. The Kier molecular flexibility index (Phi) is 8.46. The highest BCUT2D eigenvalue weighted by Gasteiger charge is 2.71.